The predicted molar refractivity (Wildman–Crippen MR) is 170 cm³/mol. The van der Waals surface area contributed by atoms with E-state index < -0.39 is 12.1 Å². The van der Waals surface area contributed by atoms with Gasteiger partial charge >= 0.3 is 6.18 Å². The van der Waals surface area contributed by atoms with Gasteiger partial charge in [-0.2, -0.15) is 13.2 Å². The summed E-state index contributed by atoms with van der Waals surface area (Å²) >= 11 is 0. The van der Waals surface area contributed by atoms with Crippen LogP contribution in [0.1, 0.15) is 125 Å². The summed E-state index contributed by atoms with van der Waals surface area (Å²) in [6, 6.07) is 7.03. The highest BCUT2D eigenvalue weighted by molar-refractivity contribution is 5.17. The number of rotatable bonds is 3. The Morgan fingerprint density at radius 3 is 1.90 bits per heavy atom. The SMILES string of the molecule is CC.CC.CC.CC12CCC3C(CCC4CC(C(F)(F)F)CCC43C)C1CCC2CCc1cccc(F)c1.CO.CO. The molecule has 0 aliphatic heterocycles. The molecule has 4 saturated carbocycles. The van der Waals surface area contributed by atoms with E-state index in [1.807, 2.05) is 53.7 Å². The van der Waals surface area contributed by atoms with Gasteiger partial charge in [0, 0.05) is 14.2 Å². The molecule has 0 radical (unpaired) electrons. The topological polar surface area (TPSA) is 40.5 Å². The molecular weight excluding hydrogens is 540 g/mol. The fraction of sp³-hybridized carbons (Fsp3) is 0.833. The van der Waals surface area contributed by atoms with Crippen LogP contribution in [-0.4, -0.2) is 30.6 Å². The van der Waals surface area contributed by atoms with E-state index in [1.165, 1.54) is 31.7 Å². The molecule has 0 aromatic heterocycles. The Bertz CT molecular complexity index is 844. The van der Waals surface area contributed by atoms with Gasteiger partial charge in [0.1, 0.15) is 5.82 Å². The first kappa shape index (κ1) is 40.9. The molecule has 0 heterocycles. The van der Waals surface area contributed by atoms with Crippen molar-refractivity contribution >= 4 is 0 Å². The minimum atomic E-state index is -4.02. The van der Waals surface area contributed by atoms with E-state index >= 15 is 0 Å². The van der Waals surface area contributed by atoms with Crippen molar-refractivity contribution in [1.29, 1.82) is 0 Å². The molecule has 5 rings (SSSR count). The summed E-state index contributed by atoms with van der Waals surface area (Å²) in [7, 11) is 2.00. The molecule has 1 aromatic rings. The molecule has 8 atom stereocenters. The van der Waals surface area contributed by atoms with Crippen LogP contribution in [0.4, 0.5) is 17.6 Å². The highest BCUT2D eigenvalue weighted by Crippen LogP contribution is 2.68. The van der Waals surface area contributed by atoms with E-state index in [0.29, 0.717) is 36.0 Å². The molecule has 2 nitrogen and oxygen atoms in total. The van der Waals surface area contributed by atoms with Gasteiger partial charge in [-0.05, 0) is 129 Å². The lowest BCUT2D eigenvalue weighted by molar-refractivity contribution is -0.208. The largest absolute Gasteiger partial charge is 0.400 e. The van der Waals surface area contributed by atoms with Gasteiger partial charge in [0.15, 0.2) is 0 Å². The van der Waals surface area contributed by atoms with E-state index in [2.05, 4.69) is 13.8 Å². The summed E-state index contributed by atoms with van der Waals surface area (Å²) < 4.78 is 53.9. The van der Waals surface area contributed by atoms with Crippen LogP contribution in [-0.2, 0) is 6.42 Å². The lowest BCUT2D eigenvalue weighted by Crippen LogP contribution is -2.54. The highest BCUT2D eigenvalue weighted by atomic mass is 19.4. The predicted octanol–water partition coefficient (Wildman–Crippen LogP) is 10.9. The molecule has 248 valence electrons. The molecule has 0 saturated heterocycles. The maximum absolute atomic E-state index is 13.6. The molecular formula is C36H64F4O2. The number of halogens is 4. The van der Waals surface area contributed by atoms with Gasteiger partial charge in [-0.15, -0.1) is 0 Å². The molecule has 6 heteroatoms. The van der Waals surface area contributed by atoms with Gasteiger partial charge in [-0.3, -0.25) is 0 Å². The number of hydrogen-bond acceptors (Lipinski definition) is 2. The molecule has 0 bridgehead atoms. The molecule has 8 unspecified atom stereocenters. The van der Waals surface area contributed by atoms with Crippen LogP contribution in [0.2, 0.25) is 0 Å². The summed E-state index contributed by atoms with van der Waals surface area (Å²) in [5, 5.41) is 14.0. The molecule has 4 aliphatic carbocycles. The lowest BCUT2D eigenvalue weighted by Gasteiger charge is -2.61. The van der Waals surface area contributed by atoms with Crippen LogP contribution in [0.5, 0.6) is 0 Å². The molecule has 0 spiro atoms. The Hall–Kier alpha value is -1.14. The summed E-state index contributed by atoms with van der Waals surface area (Å²) in [5.41, 5.74) is 1.55. The van der Waals surface area contributed by atoms with Gasteiger partial charge in [0.25, 0.3) is 0 Å². The second-order valence-electron chi connectivity index (χ2n) is 12.2. The summed E-state index contributed by atoms with van der Waals surface area (Å²) in [5.74, 6) is 1.72. The van der Waals surface area contributed by atoms with Crippen LogP contribution in [0.3, 0.4) is 0 Å². The fourth-order valence-corrected chi connectivity index (χ4v) is 9.17. The number of aliphatic hydroxyl groups excluding tert-OH is 2. The second-order valence-corrected chi connectivity index (χ2v) is 12.2. The zero-order chi connectivity index (χ0) is 32.7. The lowest BCUT2D eigenvalue weighted by atomic mass is 9.44. The first-order valence-electron chi connectivity index (χ1n) is 16.8. The Morgan fingerprint density at radius 2 is 1.33 bits per heavy atom. The third-order valence-electron chi connectivity index (χ3n) is 11.0. The monoisotopic (exact) mass is 604 g/mol. The number of fused-ring (bicyclic) bond motifs is 5. The molecule has 4 aliphatic rings. The highest BCUT2D eigenvalue weighted by Gasteiger charge is 2.61. The smallest absolute Gasteiger partial charge is 0.391 e. The van der Waals surface area contributed by atoms with E-state index in [9.17, 15) is 17.6 Å². The third-order valence-corrected chi connectivity index (χ3v) is 11.0. The Balaban J connectivity index is 0.00000153. The van der Waals surface area contributed by atoms with Crippen LogP contribution in [0.25, 0.3) is 0 Å². The van der Waals surface area contributed by atoms with Crippen molar-refractivity contribution in [1.82, 2.24) is 0 Å². The molecule has 0 amide bonds. The fourth-order valence-electron chi connectivity index (χ4n) is 9.17. The van der Waals surface area contributed by atoms with Gasteiger partial charge in [-0.25, -0.2) is 4.39 Å². The van der Waals surface area contributed by atoms with Gasteiger partial charge in [0.05, 0.1) is 5.92 Å². The van der Waals surface area contributed by atoms with E-state index in [-0.39, 0.29) is 17.2 Å². The van der Waals surface area contributed by atoms with Crippen molar-refractivity contribution in [3.8, 4) is 0 Å². The molecule has 4 fully saturated rings. The third kappa shape index (κ3) is 9.19. The molecule has 1 aromatic carbocycles. The summed E-state index contributed by atoms with van der Waals surface area (Å²) in [6.07, 6.45) is 6.57. The Labute approximate surface area is 256 Å². The number of aliphatic hydroxyl groups is 2. The average molecular weight is 605 g/mol. The van der Waals surface area contributed by atoms with Gasteiger partial charge in [-0.1, -0.05) is 67.5 Å². The first-order valence-corrected chi connectivity index (χ1v) is 16.8. The van der Waals surface area contributed by atoms with Crippen LogP contribution in [0, 0.1) is 52.2 Å². The maximum Gasteiger partial charge on any atom is 0.391 e. The normalized spacial score (nSPS) is 34.2. The summed E-state index contributed by atoms with van der Waals surface area (Å²) in [4.78, 5) is 0. The minimum Gasteiger partial charge on any atom is -0.400 e. The molecule has 42 heavy (non-hydrogen) atoms. The average Bonchev–Trinajstić information content (AvgIpc) is 3.36. The number of aryl methyl sites for hydroxylation is 1. The van der Waals surface area contributed by atoms with Crippen molar-refractivity contribution < 1.29 is 27.8 Å². The zero-order valence-electron chi connectivity index (χ0n) is 28.5. The van der Waals surface area contributed by atoms with Crippen LogP contribution < -0.4 is 0 Å². The van der Waals surface area contributed by atoms with Crippen molar-refractivity contribution in [3.63, 3.8) is 0 Å². The quantitative estimate of drug-likeness (QED) is 0.337. The maximum atomic E-state index is 13.6. The van der Waals surface area contributed by atoms with Crippen LogP contribution >= 0.6 is 0 Å². The van der Waals surface area contributed by atoms with Crippen molar-refractivity contribution in [3.05, 3.63) is 35.6 Å². The first-order chi connectivity index (χ1) is 20.1. The van der Waals surface area contributed by atoms with Crippen molar-refractivity contribution in [2.24, 2.45) is 46.3 Å². The minimum absolute atomic E-state index is 0.103. The zero-order valence-corrected chi connectivity index (χ0v) is 28.5. The molecule has 2 N–H and O–H groups in total. The number of hydrogen-bond donors (Lipinski definition) is 2. The van der Waals surface area contributed by atoms with E-state index in [4.69, 9.17) is 10.2 Å². The van der Waals surface area contributed by atoms with Crippen molar-refractivity contribution in [2.45, 2.75) is 132 Å². The second kappa shape index (κ2) is 19.3. The number of benzene rings is 1. The summed E-state index contributed by atoms with van der Waals surface area (Å²) in [6.45, 7) is 16.9. The van der Waals surface area contributed by atoms with E-state index in [0.717, 1.165) is 57.8 Å². The standard InChI is InChI=1S/C28H38F4.3C2H6.2CH4O/c1-26-15-13-25-23(10-8-20-17-21(28(30,31)32)12-14-27(20,25)2)24(26)11-9-19(26)7-6-18-4-3-5-22(29)16-18;5*1-2/h3-5,16,19-21,23-25H,6-15,17H2,1-2H3;3*1-2H3;2*2H,1H3. The Kier molecular flexibility index (Phi) is 18.8. The van der Waals surface area contributed by atoms with Gasteiger partial charge < -0.3 is 10.2 Å². The van der Waals surface area contributed by atoms with Crippen molar-refractivity contribution in [2.75, 3.05) is 14.2 Å². The number of alkyl halides is 3. The van der Waals surface area contributed by atoms with E-state index in [1.54, 1.807) is 6.07 Å². The van der Waals surface area contributed by atoms with Crippen LogP contribution in [0.15, 0.2) is 24.3 Å². The Morgan fingerprint density at radius 1 is 0.762 bits per heavy atom. The van der Waals surface area contributed by atoms with Gasteiger partial charge in [0.2, 0.25) is 0 Å².